The summed E-state index contributed by atoms with van der Waals surface area (Å²) in [4.78, 5) is 12.5. The van der Waals surface area contributed by atoms with E-state index in [9.17, 15) is 4.39 Å². The zero-order valence-corrected chi connectivity index (χ0v) is 18.8. The summed E-state index contributed by atoms with van der Waals surface area (Å²) in [7, 11) is 0. The molecule has 174 valence electrons. The molecule has 0 amide bonds. The maximum atomic E-state index is 15.4. The van der Waals surface area contributed by atoms with Gasteiger partial charge in [0.2, 0.25) is 0 Å². The van der Waals surface area contributed by atoms with Crippen LogP contribution in [-0.2, 0) is 6.42 Å². The van der Waals surface area contributed by atoms with Crippen molar-refractivity contribution >= 4 is 10.9 Å². The molecule has 7 heteroatoms. The Kier molecular flexibility index (Phi) is 6.42. The predicted octanol–water partition coefficient (Wildman–Crippen LogP) is 4.65. The van der Waals surface area contributed by atoms with E-state index >= 15 is 4.39 Å². The average Bonchev–Trinajstić information content (AvgIpc) is 3.18. The maximum absolute atomic E-state index is 15.4. The first-order chi connectivity index (χ1) is 16.2. The largest absolute Gasteiger partial charge is 0.486 e. The molecule has 1 saturated heterocycles. The van der Waals surface area contributed by atoms with Crippen LogP contribution in [0.1, 0.15) is 35.8 Å². The monoisotopic (exact) mass is 452 g/mol. The molecule has 1 atom stereocenters. The first-order valence-corrected chi connectivity index (χ1v) is 11.7. The quantitative estimate of drug-likeness (QED) is 0.480. The number of H-pyrrole nitrogens is 1. The van der Waals surface area contributed by atoms with Gasteiger partial charge in [0, 0.05) is 55.4 Å². The molecule has 0 saturated carbocycles. The minimum atomic E-state index is -0.360. The van der Waals surface area contributed by atoms with Crippen LogP contribution in [0.25, 0.3) is 10.9 Å². The minimum Gasteiger partial charge on any atom is -0.486 e. The number of hydrogen-bond donors (Lipinski definition) is 1. The lowest BCUT2D eigenvalue weighted by Crippen LogP contribution is -2.53. The summed E-state index contributed by atoms with van der Waals surface area (Å²) < 4.78 is 33.7. The number of benzene rings is 1. The number of alkyl halides is 1. The third-order valence-corrected chi connectivity index (χ3v) is 6.69. The van der Waals surface area contributed by atoms with Crippen LogP contribution in [0.15, 0.2) is 49.2 Å². The Bertz CT molecular complexity index is 1120. The Morgan fingerprint density at radius 2 is 2.09 bits per heavy atom. The molecule has 1 N–H and O–H groups in total. The van der Waals surface area contributed by atoms with Gasteiger partial charge in [-0.3, -0.25) is 19.2 Å². The lowest BCUT2D eigenvalue weighted by molar-refractivity contribution is 0.0180. The Morgan fingerprint density at radius 1 is 1.24 bits per heavy atom. The normalized spacial score (nSPS) is 19.4. The van der Waals surface area contributed by atoms with Gasteiger partial charge in [0.05, 0.1) is 24.6 Å². The van der Waals surface area contributed by atoms with Crippen molar-refractivity contribution in [3.63, 3.8) is 0 Å². The molecule has 0 bridgehead atoms. The van der Waals surface area contributed by atoms with E-state index in [2.05, 4.69) is 38.5 Å². The van der Waals surface area contributed by atoms with Gasteiger partial charge in [-0.1, -0.05) is 24.3 Å². The smallest absolute Gasteiger partial charge is 0.150 e. The van der Waals surface area contributed by atoms with Gasteiger partial charge in [-0.25, -0.2) is 4.39 Å². The van der Waals surface area contributed by atoms with Crippen molar-refractivity contribution in [2.75, 3.05) is 39.4 Å². The Hall–Kier alpha value is -2.77. The third-order valence-electron chi connectivity index (χ3n) is 6.69. The Balaban J connectivity index is 1.40. The number of fused-ring (bicyclic) bond motifs is 3. The number of para-hydroxylation sites is 1. The van der Waals surface area contributed by atoms with E-state index < -0.39 is 0 Å². The van der Waals surface area contributed by atoms with Crippen molar-refractivity contribution < 1.29 is 13.5 Å². The number of aromatic amines is 1. The molecule has 2 aromatic heterocycles. The molecule has 1 aromatic carbocycles. The molecule has 2 aliphatic heterocycles. The van der Waals surface area contributed by atoms with Crippen LogP contribution >= 0.6 is 0 Å². The third kappa shape index (κ3) is 4.39. The van der Waals surface area contributed by atoms with Crippen molar-refractivity contribution in [3.05, 3.63) is 72.0 Å². The van der Waals surface area contributed by atoms with Gasteiger partial charge in [0.1, 0.15) is 17.7 Å². The second kappa shape index (κ2) is 9.61. The van der Waals surface area contributed by atoms with Crippen molar-refractivity contribution in [2.24, 2.45) is 0 Å². The van der Waals surface area contributed by atoms with E-state index in [1.54, 1.807) is 6.20 Å². The van der Waals surface area contributed by atoms with Crippen LogP contribution < -0.4 is 4.74 Å². The van der Waals surface area contributed by atoms with Crippen LogP contribution in [0.3, 0.4) is 0 Å². The summed E-state index contributed by atoms with van der Waals surface area (Å²) in [6.07, 6.45) is 5.80. The van der Waals surface area contributed by atoms with E-state index in [0.29, 0.717) is 17.9 Å². The lowest BCUT2D eigenvalue weighted by atomic mass is 9.94. The Morgan fingerprint density at radius 3 is 2.88 bits per heavy atom. The number of pyridine rings is 1. The van der Waals surface area contributed by atoms with Gasteiger partial charge >= 0.3 is 0 Å². The van der Waals surface area contributed by atoms with Gasteiger partial charge in [0.25, 0.3) is 0 Å². The van der Waals surface area contributed by atoms with Crippen molar-refractivity contribution in [3.8, 4) is 5.75 Å². The molecule has 0 aliphatic carbocycles. The summed E-state index contributed by atoms with van der Waals surface area (Å²) in [5, 5.41) is 1.20. The Labute approximate surface area is 193 Å². The molecular formula is C26H30F2N4O. The zero-order chi connectivity index (χ0) is 22.8. The highest BCUT2D eigenvalue weighted by atomic mass is 19.1. The van der Waals surface area contributed by atoms with Crippen LogP contribution in [0.5, 0.6) is 5.75 Å². The number of nitrogens with one attached hydrogen (secondary N) is 1. The first-order valence-electron chi connectivity index (χ1n) is 11.7. The van der Waals surface area contributed by atoms with E-state index in [1.165, 1.54) is 17.0 Å². The van der Waals surface area contributed by atoms with Crippen LogP contribution in [0.2, 0.25) is 0 Å². The van der Waals surface area contributed by atoms with Gasteiger partial charge < -0.3 is 9.72 Å². The van der Waals surface area contributed by atoms with Gasteiger partial charge in [-0.05, 0) is 30.9 Å². The van der Waals surface area contributed by atoms with Crippen LogP contribution in [-0.4, -0.2) is 65.3 Å². The van der Waals surface area contributed by atoms with E-state index in [4.69, 9.17) is 4.74 Å². The minimum absolute atomic E-state index is 0.00394. The molecule has 5 nitrogen and oxygen atoms in total. The fourth-order valence-electron chi connectivity index (χ4n) is 5.05. The molecule has 0 unspecified atom stereocenters. The number of halogens is 2. The summed E-state index contributed by atoms with van der Waals surface area (Å²) in [5.74, 6) is 0.0814. The average molecular weight is 453 g/mol. The molecule has 5 rings (SSSR count). The molecule has 3 aromatic rings. The molecule has 2 aliphatic rings. The van der Waals surface area contributed by atoms with Gasteiger partial charge in [0.15, 0.2) is 0 Å². The van der Waals surface area contributed by atoms with E-state index in [1.807, 2.05) is 18.2 Å². The SMILES string of the molecule is C=CCCN1CCc2c([nH]c3ccccc23)[C@H]1c1ncc(OC2CN(CCCF)C2)cc1F. The first kappa shape index (κ1) is 22.0. The van der Waals surface area contributed by atoms with Crippen LogP contribution in [0, 0.1) is 5.82 Å². The summed E-state index contributed by atoms with van der Waals surface area (Å²) in [5.41, 5.74) is 3.75. The second-order valence-electron chi connectivity index (χ2n) is 8.91. The van der Waals surface area contributed by atoms with Gasteiger partial charge in [-0.15, -0.1) is 6.58 Å². The number of rotatable bonds is 9. The van der Waals surface area contributed by atoms with E-state index in [-0.39, 0.29) is 24.6 Å². The lowest BCUT2D eigenvalue weighted by Gasteiger charge is -2.39. The summed E-state index contributed by atoms with van der Waals surface area (Å²) in [6, 6.07) is 9.41. The molecule has 0 spiro atoms. The second-order valence-corrected chi connectivity index (χ2v) is 8.91. The van der Waals surface area contributed by atoms with Crippen molar-refractivity contribution in [1.29, 1.82) is 0 Å². The highest BCUT2D eigenvalue weighted by Gasteiger charge is 2.34. The van der Waals surface area contributed by atoms with E-state index in [0.717, 1.165) is 56.8 Å². The molecule has 4 heterocycles. The fraction of sp³-hybridized carbons (Fsp3) is 0.423. The topological polar surface area (TPSA) is 44.4 Å². The molecule has 0 radical (unpaired) electrons. The highest BCUT2D eigenvalue weighted by molar-refractivity contribution is 5.85. The number of likely N-dealkylation sites (tertiary alicyclic amines) is 1. The van der Waals surface area contributed by atoms with Crippen molar-refractivity contribution in [1.82, 2.24) is 19.8 Å². The number of hydrogen-bond acceptors (Lipinski definition) is 4. The highest BCUT2D eigenvalue weighted by Crippen LogP contribution is 2.39. The molecule has 1 fully saturated rings. The van der Waals surface area contributed by atoms with Crippen molar-refractivity contribution in [2.45, 2.75) is 31.4 Å². The standard InChI is InChI=1S/C26H30F2N4O/c1-2-3-12-32-13-9-21-20-7-4-5-8-23(20)30-24(21)26(32)25-22(28)14-18(15-29-25)33-19-16-31(17-19)11-6-10-27/h2,4-5,7-8,14-15,19,26,30H,1,3,6,9-13,16-17H2/t26-/m0/s1. The number of aromatic nitrogens is 2. The summed E-state index contributed by atoms with van der Waals surface area (Å²) in [6.45, 7) is 7.38. The number of nitrogens with zero attached hydrogens (tertiary/aromatic N) is 3. The zero-order valence-electron chi connectivity index (χ0n) is 18.8. The maximum Gasteiger partial charge on any atom is 0.150 e. The number of ether oxygens (including phenoxy) is 1. The van der Waals surface area contributed by atoms with Crippen LogP contribution in [0.4, 0.5) is 8.78 Å². The predicted molar refractivity (Wildman–Crippen MR) is 126 cm³/mol. The molecular weight excluding hydrogens is 422 g/mol. The summed E-state index contributed by atoms with van der Waals surface area (Å²) >= 11 is 0. The molecule has 33 heavy (non-hydrogen) atoms. The van der Waals surface area contributed by atoms with Gasteiger partial charge in [-0.2, -0.15) is 0 Å². The fourth-order valence-corrected chi connectivity index (χ4v) is 5.05.